The van der Waals surface area contributed by atoms with E-state index in [4.69, 9.17) is 4.43 Å². The zero-order valence-electron chi connectivity index (χ0n) is 15.0. The first-order valence-corrected chi connectivity index (χ1v) is 10.2. The molecule has 0 aliphatic heterocycles. The average molecular weight is 339 g/mol. The van der Waals surface area contributed by atoms with Crippen LogP contribution in [0.3, 0.4) is 0 Å². The molecule has 0 bridgehead atoms. The fourth-order valence-electron chi connectivity index (χ4n) is 3.39. The van der Waals surface area contributed by atoms with Crippen LogP contribution in [-0.2, 0) is 14.0 Å². The van der Waals surface area contributed by atoms with Gasteiger partial charge in [0.15, 0.2) is 8.32 Å². The molecule has 6 heteroatoms. The van der Waals surface area contributed by atoms with Crippen molar-refractivity contribution in [2.75, 3.05) is 13.7 Å². The van der Waals surface area contributed by atoms with Gasteiger partial charge in [-0.15, -0.1) is 0 Å². The second kappa shape index (κ2) is 8.96. The van der Waals surface area contributed by atoms with Crippen LogP contribution >= 0.6 is 0 Å². The Bertz CT molecular complexity index is 323. The van der Waals surface area contributed by atoms with Gasteiger partial charge in [0.1, 0.15) is 0 Å². The standard InChI is InChI=1S/C16H32F2O3Si/c1-12(2)22(13(3)4,14(5)6)21-11-10-16(17,18)9-8-15(19)20-7/h12-14H,8-11H2,1-7H3. The minimum absolute atomic E-state index is 0.0505. The molecule has 0 unspecified atom stereocenters. The second-order valence-electron chi connectivity index (χ2n) is 6.85. The molecule has 0 aliphatic carbocycles. The van der Waals surface area contributed by atoms with E-state index in [0.717, 1.165) is 0 Å². The molecular formula is C16H32F2O3Si. The van der Waals surface area contributed by atoms with Crippen molar-refractivity contribution in [3.05, 3.63) is 0 Å². The summed E-state index contributed by atoms with van der Waals surface area (Å²) in [6.45, 7) is 12.8. The lowest BCUT2D eigenvalue weighted by atomic mass is 10.1. The third kappa shape index (κ3) is 5.95. The van der Waals surface area contributed by atoms with Gasteiger partial charge >= 0.3 is 5.97 Å². The maximum atomic E-state index is 13.8. The Morgan fingerprint density at radius 1 is 1.00 bits per heavy atom. The Kier molecular flexibility index (Phi) is 8.76. The lowest BCUT2D eigenvalue weighted by Crippen LogP contribution is -2.48. The molecule has 0 rings (SSSR count). The highest BCUT2D eigenvalue weighted by Crippen LogP contribution is 2.42. The molecule has 0 radical (unpaired) electrons. The Labute approximate surface area is 134 Å². The van der Waals surface area contributed by atoms with Crippen LogP contribution in [0.2, 0.25) is 16.6 Å². The van der Waals surface area contributed by atoms with Crippen LogP contribution in [0, 0.1) is 0 Å². The number of ether oxygens (including phenoxy) is 1. The minimum Gasteiger partial charge on any atom is -0.469 e. The van der Waals surface area contributed by atoms with Crippen molar-refractivity contribution in [2.45, 2.75) is 83.4 Å². The van der Waals surface area contributed by atoms with Crippen molar-refractivity contribution < 1.29 is 22.7 Å². The van der Waals surface area contributed by atoms with Gasteiger partial charge < -0.3 is 9.16 Å². The molecule has 0 heterocycles. The van der Waals surface area contributed by atoms with Crippen molar-refractivity contribution >= 4 is 14.3 Å². The number of halogens is 2. The summed E-state index contributed by atoms with van der Waals surface area (Å²) in [5.74, 6) is -3.49. The SMILES string of the molecule is COC(=O)CCC(F)(F)CCO[Si](C(C)C)(C(C)C)C(C)C. The van der Waals surface area contributed by atoms with E-state index >= 15 is 0 Å². The number of methoxy groups -OCH3 is 1. The van der Waals surface area contributed by atoms with Gasteiger partial charge in [-0.1, -0.05) is 41.5 Å². The highest BCUT2D eigenvalue weighted by molar-refractivity contribution is 6.77. The molecule has 0 spiro atoms. The monoisotopic (exact) mass is 338 g/mol. The summed E-state index contributed by atoms with van der Waals surface area (Å²) in [6.07, 6.45) is -1.09. The zero-order chi connectivity index (χ0) is 17.6. The highest BCUT2D eigenvalue weighted by atomic mass is 28.4. The summed E-state index contributed by atoms with van der Waals surface area (Å²) in [7, 11) is -0.898. The molecule has 0 N–H and O–H groups in total. The van der Waals surface area contributed by atoms with E-state index in [2.05, 4.69) is 46.3 Å². The minimum atomic E-state index is -2.89. The van der Waals surface area contributed by atoms with Crippen LogP contribution < -0.4 is 0 Å². The summed E-state index contributed by atoms with van der Waals surface area (Å²) >= 11 is 0. The Morgan fingerprint density at radius 3 is 1.82 bits per heavy atom. The first kappa shape index (κ1) is 21.5. The predicted molar refractivity (Wildman–Crippen MR) is 87.8 cm³/mol. The van der Waals surface area contributed by atoms with E-state index in [9.17, 15) is 13.6 Å². The molecular weight excluding hydrogens is 306 g/mol. The summed E-state index contributed by atoms with van der Waals surface area (Å²) in [5, 5.41) is 0. The van der Waals surface area contributed by atoms with Gasteiger partial charge in [0, 0.05) is 19.4 Å². The maximum absolute atomic E-state index is 13.8. The van der Waals surface area contributed by atoms with Crippen LogP contribution in [0.15, 0.2) is 0 Å². The third-order valence-corrected chi connectivity index (χ3v) is 10.6. The molecule has 0 amide bonds. The van der Waals surface area contributed by atoms with E-state index in [1.54, 1.807) is 0 Å². The molecule has 0 saturated carbocycles. The van der Waals surface area contributed by atoms with Crippen molar-refractivity contribution in [2.24, 2.45) is 0 Å². The number of hydrogen-bond acceptors (Lipinski definition) is 3. The van der Waals surface area contributed by atoms with E-state index in [1.165, 1.54) is 7.11 Å². The van der Waals surface area contributed by atoms with Gasteiger partial charge in [0.05, 0.1) is 13.5 Å². The lowest BCUT2D eigenvalue weighted by Gasteiger charge is -2.42. The number of alkyl halides is 2. The number of carbonyl (C=O) groups is 1. The van der Waals surface area contributed by atoms with Crippen LogP contribution in [0.1, 0.15) is 60.8 Å². The van der Waals surface area contributed by atoms with Gasteiger partial charge in [-0.25, -0.2) is 8.78 Å². The topological polar surface area (TPSA) is 35.5 Å². The van der Waals surface area contributed by atoms with Crippen molar-refractivity contribution in [3.63, 3.8) is 0 Å². The van der Waals surface area contributed by atoms with Crippen LogP contribution in [0.5, 0.6) is 0 Å². The van der Waals surface area contributed by atoms with Gasteiger partial charge in [0.2, 0.25) is 0 Å². The smallest absolute Gasteiger partial charge is 0.305 e. The quantitative estimate of drug-likeness (QED) is 0.408. The number of carbonyl (C=O) groups excluding carboxylic acids is 1. The number of esters is 1. The van der Waals surface area contributed by atoms with Crippen molar-refractivity contribution in [3.8, 4) is 0 Å². The maximum Gasteiger partial charge on any atom is 0.305 e. The molecule has 132 valence electrons. The summed E-state index contributed by atoms with van der Waals surface area (Å²) in [5.41, 5.74) is 1.11. The normalized spacial score (nSPS) is 13.3. The Morgan fingerprint density at radius 2 is 1.45 bits per heavy atom. The fraction of sp³-hybridized carbons (Fsp3) is 0.938. The fourth-order valence-corrected chi connectivity index (χ4v) is 8.84. The predicted octanol–water partition coefficient (Wildman–Crippen LogP) is 5.16. The van der Waals surface area contributed by atoms with E-state index in [-0.39, 0.29) is 19.4 Å². The molecule has 0 atom stereocenters. The Balaban J connectivity index is 4.65. The highest BCUT2D eigenvalue weighted by Gasteiger charge is 2.45. The molecule has 0 aromatic carbocycles. The van der Waals surface area contributed by atoms with Gasteiger partial charge in [-0.3, -0.25) is 4.79 Å². The van der Waals surface area contributed by atoms with Gasteiger partial charge in [-0.2, -0.15) is 0 Å². The Hall–Kier alpha value is -0.493. The van der Waals surface area contributed by atoms with Crippen molar-refractivity contribution in [1.29, 1.82) is 0 Å². The summed E-state index contributed by atoms with van der Waals surface area (Å²) in [6, 6.07) is 0. The van der Waals surface area contributed by atoms with E-state index in [0.29, 0.717) is 16.6 Å². The number of rotatable bonds is 10. The molecule has 0 aromatic rings. The summed E-state index contributed by atoms with van der Waals surface area (Å²) < 4.78 is 38.2. The molecule has 0 aliphatic rings. The van der Waals surface area contributed by atoms with Gasteiger partial charge in [-0.05, 0) is 16.6 Å². The number of hydrogen-bond donors (Lipinski definition) is 0. The third-order valence-electron chi connectivity index (χ3n) is 4.45. The zero-order valence-corrected chi connectivity index (χ0v) is 16.0. The van der Waals surface area contributed by atoms with Gasteiger partial charge in [0.25, 0.3) is 5.92 Å². The second-order valence-corrected chi connectivity index (χ2v) is 12.3. The summed E-state index contributed by atoms with van der Waals surface area (Å²) in [4.78, 5) is 11.0. The molecule has 0 saturated heterocycles. The lowest BCUT2D eigenvalue weighted by molar-refractivity contribution is -0.143. The molecule has 0 fully saturated rings. The van der Waals surface area contributed by atoms with Crippen LogP contribution in [-0.4, -0.2) is 33.9 Å². The molecule has 3 nitrogen and oxygen atoms in total. The average Bonchev–Trinajstić information content (AvgIpc) is 2.39. The van der Waals surface area contributed by atoms with Crippen molar-refractivity contribution in [1.82, 2.24) is 0 Å². The first-order chi connectivity index (χ1) is 9.99. The van der Waals surface area contributed by atoms with Crippen LogP contribution in [0.25, 0.3) is 0 Å². The molecule has 0 aromatic heterocycles. The van der Waals surface area contributed by atoms with E-state index < -0.39 is 26.6 Å². The largest absolute Gasteiger partial charge is 0.469 e. The molecule has 22 heavy (non-hydrogen) atoms. The first-order valence-electron chi connectivity index (χ1n) is 8.08. The van der Waals surface area contributed by atoms with Crippen LogP contribution in [0.4, 0.5) is 8.78 Å². The van der Waals surface area contributed by atoms with E-state index in [1.807, 2.05) is 0 Å².